The standard InChI is InChI=1S/C10H14N2.C9H18N2.C8H16N2/c1-8(2)12-6-9-3-4-11-5-10(9)7-12;1-7(2)11-4-8-3-9(8,5-10)6-11;1-6(2)10-4-7-3-8(7,9)5-10/h3-5,8H,6-7H2,1-2H3;7-8H,3-6,10H2,1-2H3;6-7H,3-5,9H2,1-2H3. The highest BCUT2D eigenvalue weighted by Crippen LogP contribution is 2.57. The minimum absolute atomic E-state index is 0.240. The van der Waals surface area contributed by atoms with Crippen LogP contribution in [0.2, 0.25) is 0 Å². The molecule has 4 atom stereocenters. The van der Waals surface area contributed by atoms with Crippen LogP contribution in [-0.4, -0.2) is 76.1 Å². The first kappa shape index (κ1) is 25.1. The number of pyridine rings is 1. The fourth-order valence-electron chi connectivity index (χ4n) is 5.91. The van der Waals surface area contributed by atoms with Gasteiger partial charge in [0.1, 0.15) is 0 Å². The van der Waals surface area contributed by atoms with Gasteiger partial charge < -0.3 is 16.4 Å². The summed E-state index contributed by atoms with van der Waals surface area (Å²) in [7, 11) is 0. The molecule has 33 heavy (non-hydrogen) atoms. The van der Waals surface area contributed by atoms with E-state index in [2.05, 4.69) is 67.3 Å². The summed E-state index contributed by atoms with van der Waals surface area (Å²) in [4.78, 5) is 11.6. The van der Waals surface area contributed by atoms with Crippen LogP contribution >= 0.6 is 0 Å². The van der Waals surface area contributed by atoms with Crippen molar-refractivity contribution in [3.63, 3.8) is 0 Å². The SMILES string of the molecule is CC(C)N1CC2CC2(CN)C1.CC(C)N1CC2CC2(N)C1.CC(C)N1Cc2ccncc2C1. The van der Waals surface area contributed by atoms with Crippen LogP contribution in [0.25, 0.3) is 0 Å². The van der Waals surface area contributed by atoms with Crippen molar-refractivity contribution in [2.75, 3.05) is 32.7 Å². The number of fused-ring (bicyclic) bond motifs is 3. The van der Waals surface area contributed by atoms with Crippen molar-refractivity contribution in [2.45, 2.75) is 91.1 Å². The molecule has 0 bridgehead atoms. The van der Waals surface area contributed by atoms with Crippen LogP contribution in [0.1, 0.15) is 65.5 Å². The Hall–Kier alpha value is -1.05. The lowest BCUT2D eigenvalue weighted by molar-refractivity contribution is 0.227. The Labute approximate surface area is 202 Å². The monoisotopic (exact) mass is 456 g/mol. The molecule has 2 aliphatic carbocycles. The number of nitrogens with two attached hydrogens (primary N) is 2. The van der Waals surface area contributed by atoms with Crippen LogP contribution < -0.4 is 11.5 Å². The van der Waals surface area contributed by atoms with Gasteiger partial charge in [-0.2, -0.15) is 0 Å². The van der Waals surface area contributed by atoms with Gasteiger partial charge in [-0.15, -0.1) is 0 Å². The Morgan fingerprint density at radius 2 is 1.48 bits per heavy atom. The van der Waals surface area contributed by atoms with Crippen LogP contribution in [0.3, 0.4) is 0 Å². The fraction of sp³-hybridized carbons (Fsp3) is 0.815. The molecule has 0 spiro atoms. The topological polar surface area (TPSA) is 74.7 Å². The summed E-state index contributed by atoms with van der Waals surface area (Å²) in [6, 6.07) is 4.16. The van der Waals surface area contributed by atoms with E-state index < -0.39 is 0 Å². The van der Waals surface area contributed by atoms with Crippen molar-refractivity contribution in [2.24, 2.45) is 28.7 Å². The van der Waals surface area contributed by atoms with E-state index in [1.165, 1.54) is 43.6 Å². The van der Waals surface area contributed by atoms with E-state index in [1.54, 1.807) is 0 Å². The molecule has 1 aromatic rings. The van der Waals surface area contributed by atoms with E-state index in [9.17, 15) is 0 Å². The number of aromatic nitrogens is 1. The normalized spacial score (nSPS) is 34.5. The molecule has 186 valence electrons. The van der Waals surface area contributed by atoms with Crippen molar-refractivity contribution < 1.29 is 0 Å². The van der Waals surface area contributed by atoms with Crippen LogP contribution in [0.5, 0.6) is 0 Å². The van der Waals surface area contributed by atoms with E-state index >= 15 is 0 Å². The smallest absolute Gasteiger partial charge is 0.0328 e. The van der Waals surface area contributed by atoms with Crippen molar-refractivity contribution in [3.05, 3.63) is 29.6 Å². The van der Waals surface area contributed by atoms with Gasteiger partial charge in [0.15, 0.2) is 0 Å². The molecular weight excluding hydrogens is 408 g/mol. The van der Waals surface area contributed by atoms with Gasteiger partial charge in [-0.3, -0.25) is 14.8 Å². The highest BCUT2D eigenvalue weighted by Gasteiger charge is 2.59. The second kappa shape index (κ2) is 9.54. The lowest BCUT2D eigenvalue weighted by Crippen LogP contribution is -2.36. The number of hydrogen-bond acceptors (Lipinski definition) is 6. The first-order valence-electron chi connectivity index (χ1n) is 13.2. The maximum Gasteiger partial charge on any atom is 0.0328 e. The molecule has 4 heterocycles. The largest absolute Gasteiger partial charge is 0.330 e. The number of likely N-dealkylation sites (tertiary alicyclic amines) is 2. The van der Waals surface area contributed by atoms with E-state index in [1.807, 2.05) is 12.4 Å². The molecule has 0 amide bonds. The first-order chi connectivity index (χ1) is 15.6. The van der Waals surface area contributed by atoms with E-state index in [-0.39, 0.29) is 5.54 Å². The van der Waals surface area contributed by atoms with Crippen molar-refractivity contribution >= 4 is 0 Å². The summed E-state index contributed by atoms with van der Waals surface area (Å²) in [5.74, 6) is 1.77. The quantitative estimate of drug-likeness (QED) is 0.726. The summed E-state index contributed by atoms with van der Waals surface area (Å²) in [6.45, 7) is 21.5. The van der Waals surface area contributed by atoms with Crippen molar-refractivity contribution in [3.8, 4) is 0 Å². The van der Waals surface area contributed by atoms with Gasteiger partial charge in [0, 0.05) is 75.3 Å². The summed E-state index contributed by atoms with van der Waals surface area (Å²) >= 11 is 0. The van der Waals surface area contributed by atoms with Crippen LogP contribution in [-0.2, 0) is 13.1 Å². The van der Waals surface area contributed by atoms with Crippen LogP contribution in [0.4, 0.5) is 0 Å². The van der Waals surface area contributed by atoms with Crippen molar-refractivity contribution in [1.82, 2.24) is 19.7 Å². The third kappa shape index (κ3) is 5.46. The van der Waals surface area contributed by atoms with E-state index in [0.717, 1.165) is 38.0 Å². The summed E-state index contributed by atoms with van der Waals surface area (Å²) in [6.07, 6.45) is 6.53. The highest BCUT2D eigenvalue weighted by molar-refractivity contribution is 5.26. The summed E-state index contributed by atoms with van der Waals surface area (Å²) < 4.78 is 0. The molecule has 6 rings (SSSR count). The second-order valence-corrected chi connectivity index (χ2v) is 12.3. The van der Waals surface area contributed by atoms with Gasteiger partial charge in [0.25, 0.3) is 0 Å². The molecule has 1 aromatic heterocycles. The minimum Gasteiger partial charge on any atom is -0.330 e. The van der Waals surface area contributed by atoms with E-state index in [0.29, 0.717) is 23.5 Å². The Morgan fingerprint density at radius 3 is 1.94 bits per heavy atom. The van der Waals surface area contributed by atoms with E-state index in [4.69, 9.17) is 11.5 Å². The molecule has 2 saturated carbocycles. The Morgan fingerprint density at radius 1 is 0.879 bits per heavy atom. The fourth-order valence-corrected chi connectivity index (χ4v) is 5.91. The molecule has 6 nitrogen and oxygen atoms in total. The zero-order valence-corrected chi connectivity index (χ0v) is 21.9. The molecule has 3 aliphatic heterocycles. The zero-order valence-electron chi connectivity index (χ0n) is 21.9. The molecule has 6 heteroatoms. The molecule has 0 aromatic carbocycles. The number of nitrogens with zero attached hydrogens (tertiary/aromatic N) is 4. The lowest BCUT2D eigenvalue weighted by atomic mass is 10.1. The van der Waals surface area contributed by atoms with Gasteiger partial charge >= 0.3 is 0 Å². The second-order valence-electron chi connectivity index (χ2n) is 12.3. The van der Waals surface area contributed by atoms with Gasteiger partial charge in [-0.05, 0) is 95.4 Å². The van der Waals surface area contributed by atoms with Gasteiger partial charge in [0.05, 0.1) is 0 Å². The van der Waals surface area contributed by atoms with Gasteiger partial charge in [0.2, 0.25) is 0 Å². The number of hydrogen-bond donors (Lipinski definition) is 2. The molecule has 2 saturated heterocycles. The van der Waals surface area contributed by atoms with Crippen LogP contribution in [0, 0.1) is 17.3 Å². The highest BCUT2D eigenvalue weighted by atomic mass is 15.2. The molecular formula is C27H48N6. The summed E-state index contributed by atoms with van der Waals surface area (Å²) in [5.41, 5.74) is 15.4. The zero-order chi connectivity index (χ0) is 24.0. The predicted octanol–water partition coefficient (Wildman–Crippen LogP) is 2.91. The summed E-state index contributed by atoms with van der Waals surface area (Å²) in [5, 5.41) is 0. The Bertz CT molecular complexity index is 781. The maximum atomic E-state index is 6.04. The first-order valence-corrected chi connectivity index (χ1v) is 13.2. The molecule has 4 unspecified atom stereocenters. The van der Waals surface area contributed by atoms with Gasteiger partial charge in [-0.1, -0.05) is 0 Å². The van der Waals surface area contributed by atoms with Crippen LogP contribution in [0.15, 0.2) is 18.5 Å². The number of piperidine rings is 2. The average molecular weight is 457 g/mol. The van der Waals surface area contributed by atoms with Crippen molar-refractivity contribution in [1.29, 1.82) is 0 Å². The average Bonchev–Trinajstić information content (AvgIpc) is 3.38. The third-order valence-corrected chi connectivity index (χ3v) is 8.91. The number of rotatable bonds is 4. The van der Waals surface area contributed by atoms with Gasteiger partial charge in [-0.25, -0.2) is 0 Å². The lowest BCUT2D eigenvalue weighted by Gasteiger charge is -2.23. The molecule has 5 aliphatic rings. The molecule has 4 N–H and O–H groups in total. The molecule has 4 fully saturated rings. The maximum absolute atomic E-state index is 6.04. The molecule has 0 radical (unpaired) electrons. The Kier molecular flexibility index (Phi) is 7.24. The third-order valence-electron chi connectivity index (χ3n) is 8.91. The predicted molar refractivity (Wildman–Crippen MR) is 137 cm³/mol. The minimum atomic E-state index is 0.240. The Balaban J connectivity index is 0.000000118.